The minimum absolute atomic E-state index is 0.0331. The summed E-state index contributed by atoms with van der Waals surface area (Å²) < 4.78 is 47.0. The smallest absolute Gasteiger partial charge is 0.404 e. The highest BCUT2D eigenvalue weighted by Crippen LogP contribution is 2.29. The number of nitrogens with two attached hydrogens (primary N) is 1. The van der Waals surface area contributed by atoms with Crippen LogP contribution in [0.1, 0.15) is 12.5 Å². The van der Waals surface area contributed by atoms with E-state index in [0.717, 1.165) is 24.5 Å². The van der Waals surface area contributed by atoms with Crippen molar-refractivity contribution in [3.8, 4) is 5.75 Å². The van der Waals surface area contributed by atoms with Crippen LogP contribution in [0.25, 0.3) is 0 Å². The summed E-state index contributed by atoms with van der Waals surface area (Å²) in [6, 6.07) is 9.40. The molecule has 0 radical (unpaired) electrons. The molecule has 1 aromatic carbocycles. The molecule has 29 heavy (non-hydrogen) atoms. The third-order valence-corrected chi connectivity index (χ3v) is 4.18. The van der Waals surface area contributed by atoms with Gasteiger partial charge in [-0.1, -0.05) is 18.2 Å². The van der Waals surface area contributed by atoms with Gasteiger partial charge in [0.05, 0.1) is 24.9 Å². The summed E-state index contributed by atoms with van der Waals surface area (Å²) in [5, 5.41) is 2.63. The van der Waals surface area contributed by atoms with Crippen LogP contribution in [0.5, 0.6) is 5.75 Å². The monoisotopic (exact) mass is 409 g/mol. The van der Waals surface area contributed by atoms with Crippen molar-refractivity contribution < 1.29 is 22.6 Å². The van der Waals surface area contributed by atoms with Crippen molar-refractivity contribution in [2.45, 2.75) is 25.9 Å². The van der Waals surface area contributed by atoms with E-state index in [1.807, 2.05) is 19.1 Å². The number of hydrogen-bond acceptors (Lipinski definition) is 5. The van der Waals surface area contributed by atoms with E-state index in [1.54, 1.807) is 12.3 Å². The van der Waals surface area contributed by atoms with Crippen LogP contribution in [0.4, 0.5) is 24.7 Å². The van der Waals surface area contributed by atoms with E-state index in [-0.39, 0.29) is 30.0 Å². The van der Waals surface area contributed by atoms with Gasteiger partial charge in [-0.05, 0) is 30.7 Å². The maximum absolute atomic E-state index is 12.5. The van der Waals surface area contributed by atoms with E-state index in [0.29, 0.717) is 6.61 Å². The third-order valence-electron chi connectivity index (χ3n) is 4.18. The lowest BCUT2D eigenvalue weighted by atomic mass is 10.2. The number of alkyl halides is 3. The summed E-state index contributed by atoms with van der Waals surface area (Å²) in [6.45, 7) is 4.47. The molecule has 10 heteroatoms. The Morgan fingerprint density at radius 3 is 2.83 bits per heavy atom. The Balaban J connectivity index is 1.60. The molecule has 1 atom stereocenters. The van der Waals surface area contributed by atoms with Gasteiger partial charge in [0.1, 0.15) is 5.82 Å². The number of rotatable bonds is 5. The predicted octanol–water partition coefficient (Wildman–Crippen LogP) is 3.13. The number of pyridine rings is 1. The molecule has 7 nitrogen and oxygen atoms in total. The average Bonchev–Trinajstić information content (AvgIpc) is 2.67. The summed E-state index contributed by atoms with van der Waals surface area (Å²) in [4.78, 5) is 10.7. The molecule has 1 saturated heterocycles. The minimum atomic E-state index is -4.80. The number of nitrogens with zero attached hydrogens (tertiary/aromatic N) is 3. The summed E-state index contributed by atoms with van der Waals surface area (Å²) >= 11 is 0. The number of ether oxygens (including phenoxy) is 2. The molecule has 0 amide bonds. The highest BCUT2D eigenvalue weighted by Gasteiger charge is 2.32. The average molecular weight is 409 g/mol. The van der Waals surface area contributed by atoms with Crippen molar-refractivity contribution in [2.75, 3.05) is 29.9 Å². The van der Waals surface area contributed by atoms with Crippen LogP contribution in [0.15, 0.2) is 47.6 Å². The maximum atomic E-state index is 12.5. The van der Waals surface area contributed by atoms with Crippen molar-refractivity contribution in [3.05, 3.63) is 48.2 Å². The molecule has 0 saturated carbocycles. The highest BCUT2D eigenvalue weighted by atomic mass is 19.4. The summed E-state index contributed by atoms with van der Waals surface area (Å²) in [5.41, 5.74) is 6.70. The fraction of sp³-hybridized carbons (Fsp3) is 0.368. The summed E-state index contributed by atoms with van der Waals surface area (Å²) in [6.07, 6.45) is -2.94. The standard InChI is InChI=1S/C19H22F3N5O2/c1-13-12-27(8-9-28-13)17-7-6-14(10-24-17)11-25-18(23)26-15-4-2-3-5-16(15)29-19(20,21)22/h2-7,10,13H,8-9,11-12H2,1H3,(H3,23,25,26). The number of anilines is 2. The number of guanidine groups is 1. The lowest BCUT2D eigenvalue weighted by Crippen LogP contribution is -2.41. The van der Waals surface area contributed by atoms with E-state index < -0.39 is 6.36 Å². The zero-order valence-corrected chi connectivity index (χ0v) is 15.8. The van der Waals surface area contributed by atoms with Crippen molar-refractivity contribution in [1.82, 2.24) is 4.98 Å². The van der Waals surface area contributed by atoms with E-state index in [9.17, 15) is 13.2 Å². The molecule has 1 fully saturated rings. The second kappa shape index (κ2) is 8.99. The van der Waals surface area contributed by atoms with Crippen LogP contribution in [0, 0.1) is 0 Å². The number of aromatic nitrogens is 1. The molecular weight excluding hydrogens is 387 g/mol. The zero-order chi connectivity index (χ0) is 20.9. The van der Waals surface area contributed by atoms with Gasteiger partial charge in [0.15, 0.2) is 11.7 Å². The first-order chi connectivity index (χ1) is 13.8. The van der Waals surface area contributed by atoms with Gasteiger partial charge in [-0.25, -0.2) is 9.98 Å². The molecular formula is C19H22F3N5O2. The van der Waals surface area contributed by atoms with Crippen LogP contribution in [-0.4, -0.2) is 43.1 Å². The quantitative estimate of drug-likeness (QED) is 0.583. The first-order valence-electron chi connectivity index (χ1n) is 9.03. The van der Waals surface area contributed by atoms with Crippen LogP contribution in [0.3, 0.4) is 0 Å². The number of benzene rings is 1. The van der Waals surface area contributed by atoms with Crippen LogP contribution < -0.4 is 20.7 Å². The van der Waals surface area contributed by atoms with Crippen molar-refractivity contribution in [1.29, 1.82) is 0 Å². The van der Waals surface area contributed by atoms with E-state index in [4.69, 9.17) is 10.5 Å². The van der Waals surface area contributed by atoms with E-state index >= 15 is 0 Å². The van der Waals surface area contributed by atoms with Gasteiger partial charge in [-0.3, -0.25) is 0 Å². The number of halogens is 3. The maximum Gasteiger partial charge on any atom is 0.573 e. The first-order valence-corrected chi connectivity index (χ1v) is 9.03. The molecule has 2 aromatic rings. The Labute approximate surface area is 166 Å². The second-order valence-corrected chi connectivity index (χ2v) is 6.52. The van der Waals surface area contributed by atoms with E-state index in [1.165, 1.54) is 18.2 Å². The number of nitrogens with one attached hydrogen (secondary N) is 1. The van der Waals surface area contributed by atoms with E-state index in [2.05, 4.69) is 24.9 Å². The van der Waals surface area contributed by atoms with Crippen LogP contribution >= 0.6 is 0 Å². The van der Waals surface area contributed by atoms with Crippen LogP contribution in [-0.2, 0) is 11.3 Å². The van der Waals surface area contributed by atoms with Gasteiger partial charge in [0.2, 0.25) is 0 Å². The van der Waals surface area contributed by atoms with Gasteiger partial charge < -0.3 is 25.4 Å². The minimum Gasteiger partial charge on any atom is -0.404 e. The van der Waals surface area contributed by atoms with Crippen molar-refractivity contribution >= 4 is 17.5 Å². The Bertz CT molecular complexity index is 842. The molecule has 156 valence electrons. The molecule has 1 aliphatic heterocycles. The Morgan fingerprint density at radius 1 is 1.34 bits per heavy atom. The molecule has 3 rings (SSSR count). The van der Waals surface area contributed by atoms with Crippen molar-refractivity contribution in [3.63, 3.8) is 0 Å². The summed E-state index contributed by atoms with van der Waals surface area (Å²) in [5.74, 6) is 0.440. The summed E-state index contributed by atoms with van der Waals surface area (Å²) in [7, 11) is 0. The predicted molar refractivity (Wildman–Crippen MR) is 104 cm³/mol. The Kier molecular flexibility index (Phi) is 6.42. The lowest BCUT2D eigenvalue weighted by Gasteiger charge is -2.32. The second-order valence-electron chi connectivity index (χ2n) is 6.52. The van der Waals surface area contributed by atoms with Gasteiger partial charge in [-0.2, -0.15) is 0 Å². The molecule has 3 N–H and O–H groups in total. The van der Waals surface area contributed by atoms with Crippen LogP contribution in [0.2, 0.25) is 0 Å². The fourth-order valence-electron chi connectivity index (χ4n) is 2.86. The Hall–Kier alpha value is -3.01. The molecule has 0 spiro atoms. The lowest BCUT2D eigenvalue weighted by molar-refractivity contribution is -0.274. The topological polar surface area (TPSA) is 85.0 Å². The molecule has 2 heterocycles. The number of aliphatic imine (C=N–C) groups is 1. The molecule has 1 aliphatic rings. The SMILES string of the molecule is CC1CN(c2ccc(CN=C(N)Nc3ccccc3OC(F)(F)F)cn2)CCO1. The van der Waals surface area contributed by atoms with Gasteiger partial charge in [-0.15, -0.1) is 13.2 Å². The van der Waals surface area contributed by atoms with Gasteiger partial charge >= 0.3 is 6.36 Å². The molecule has 1 unspecified atom stereocenters. The number of hydrogen-bond donors (Lipinski definition) is 2. The molecule has 1 aromatic heterocycles. The number of morpholine rings is 1. The molecule has 0 bridgehead atoms. The van der Waals surface area contributed by atoms with Gasteiger partial charge in [0.25, 0.3) is 0 Å². The van der Waals surface area contributed by atoms with Gasteiger partial charge in [0, 0.05) is 19.3 Å². The Morgan fingerprint density at radius 2 is 2.14 bits per heavy atom. The number of para-hydroxylation sites is 2. The highest BCUT2D eigenvalue weighted by molar-refractivity contribution is 5.93. The zero-order valence-electron chi connectivity index (χ0n) is 15.8. The van der Waals surface area contributed by atoms with Crippen molar-refractivity contribution in [2.24, 2.45) is 10.7 Å². The largest absolute Gasteiger partial charge is 0.573 e. The molecule has 0 aliphatic carbocycles. The normalized spacial score (nSPS) is 17.9. The first kappa shape index (κ1) is 20.7. The third kappa shape index (κ3) is 6.24. The fourth-order valence-corrected chi connectivity index (χ4v) is 2.86.